The van der Waals surface area contributed by atoms with Crippen LogP contribution in [0.3, 0.4) is 0 Å². The molecule has 60 valence electrons. The Morgan fingerprint density at radius 2 is 2.18 bits per heavy atom. The summed E-state index contributed by atoms with van der Waals surface area (Å²) in [5.74, 6) is 0.856. The number of thioether (sulfide) groups is 1. The first-order valence-electron chi connectivity index (χ1n) is 3.20. The zero-order valence-electron chi connectivity index (χ0n) is 6.21. The molecule has 0 aromatic heterocycles. The van der Waals surface area contributed by atoms with Crippen molar-refractivity contribution in [3.63, 3.8) is 0 Å². The van der Waals surface area contributed by atoms with Crippen molar-refractivity contribution < 1.29 is 4.74 Å². The van der Waals surface area contributed by atoms with Gasteiger partial charge in [0.05, 0.1) is 0 Å². The highest BCUT2D eigenvalue weighted by atomic mass is 35.5. The van der Waals surface area contributed by atoms with Gasteiger partial charge in [0.15, 0.2) is 6.07 Å². The van der Waals surface area contributed by atoms with E-state index in [0.29, 0.717) is 0 Å². The standard InChI is InChI=1S/C8H9ClOS/c1-11-8-5-3-2-4-7(8)10-6-9/h2-5H,6H2,1H3. The fraction of sp³-hybridized carbons (Fsp3) is 0.250. The van der Waals surface area contributed by atoms with Crippen LogP contribution >= 0.6 is 23.4 Å². The maximum absolute atomic E-state index is 5.43. The van der Waals surface area contributed by atoms with Gasteiger partial charge in [-0.15, -0.1) is 11.8 Å². The van der Waals surface area contributed by atoms with Crippen molar-refractivity contribution in [3.05, 3.63) is 24.3 Å². The Labute approximate surface area is 75.7 Å². The maximum atomic E-state index is 5.43. The highest BCUT2D eigenvalue weighted by Gasteiger charge is 1.98. The molecule has 0 aliphatic rings. The van der Waals surface area contributed by atoms with Gasteiger partial charge in [0.25, 0.3) is 0 Å². The number of hydrogen-bond acceptors (Lipinski definition) is 2. The van der Waals surface area contributed by atoms with Crippen LogP contribution in [0, 0.1) is 0 Å². The highest BCUT2D eigenvalue weighted by molar-refractivity contribution is 7.98. The van der Waals surface area contributed by atoms with Crippen LogP contribution < -0.4 is 4.74 Å². The Kier molecular flexibility index (Phi) is 3.60. The quantitative estimate of drug-likeness (QED) is 0.533. The van der Waals surface area contributed by atoms with Crippen molar-refractivity contribution in [2.45, 2.75) is 4.90 Å². The van der Waals surface area contributed by atoms with Crippen LogP contribution in [0.25, 0.3) is 0 Å². The summed E-state index contributed by atoms with van der Waals surface area (Å²) in [7, 11) is 0. The Bertz CT molecular complexity index is 227. The molecule has 0 spiro atoms. The van der Waals surface area contributed by atoms with Crippen LogP contribution in [0.5, 0.6) is 5.75 Å². The molecule has 11 heavy (non-hydrogen) atoms. The molecule has 1 aromatic rings. The lowest BCUT2D eigenvalue weighted by Gasteiger charge is -2.05. The minimum Gasteiger partial charge on any atom is -0.477 e. The maximum Gasteiger partial charge on any atom is 0.162 e. The van der Waals surface area contributed by atoms with Gasteiger partial charge in [0.1, 0.15) is 5.75 Å². The first kappa shape index (κ1) is 8.75. The van der Waals surface area contributed by atoms with Gasteiger partial charge in [-0.3, -0.25) is 0 Å². The smallest absolute Gasteiger partial charge is 0.162 e. The van der Waals surface area contributed by atoms with E-state index < -0.39 is 0 Å². The fourth-order valence-corrected chi connectivity index (χ4v) is 1.46. The third kappa shape index (κ3) is 2.31. The molecule has 0 saturated heterocycles. The van der Waals surface area contributed by atoms with E-state index in [4.69, 9.17) is 16.3 Å². The molecule has 0 aliphatic carbocycles. The molecule has 0 N–H and O–H groups in total. The number of para-hydroxylation sites is 1. The summed E-state index contributed by atoms with van der Waals surface area (Å²) < 4.78 is 5.17. The molecule has 0 aliphatic heterocycles. The summed E-state index contributed by atoms with van der Waals surface area (Å²) in [6.07, 6.45) is 2.01. The molecule has 3 heteroatoms. The van der Waals surface area contributed by atoms with Crippen molar-refractivity contribution in [1.82, 2.24) is 0 Å². The number of hydrogen-bond donors (Lipinski definition) is 0. The van der Waals surface area contributed by atoms with Crippen LogP contribution in [0.4, 0.5) is 0 Å². The minimum absolute atomic E-state index is 0.206. The highest BCUT2D eigenvalue weighted by Crippen LogP contribution is 2.26. The molecule has 0 radical (unpaired) electrons. The third-order valence-electron chi connectivity index (χ3n) is 1.28. The number of rotatable bonds is 3. The SMILES string of the molecule is CSc1ccccc1OCCl. The lowest BCUT2D eigenvalue weighted by atomic mass is 10.3. The topological polar surface area (TPSA) is 9.23 Å². The molecule has 1 rings (SSSR count). The minimum atomic E-state index is 0.206. The largest absolute Gasteiger partial charge is 0.477 e. The molecule has 0 atom stereocenters. The molecule has 0 saturated carbocycles. The summed E-state index contributed by atoms with van der Waals surface area (Å²) in [5.41, 5.74) is 0. The average Bonchev–Trinajstić information content (AvgIpc) is 2.06. The average molecular weight is 189 g/mol. The normalized spacial score (nSPS) is 9.64. The van der Waals surface area contributed by atoms with E-state index in [1.807, 2.05) is 30.5 Å². The molecular formula is C8H9ClOS. The monoisotopic (exact) mass is 188 g/mol. The molecule has 0 fully saturated rings. The lowest BCUT2D eigenvalue weighted by molar-refractivity contribution is 0.379. The summed E-state index contributed by atoms with van der Waals surface area (Å²) in [4.78, 5) is 1.12. The van der Waals surface area contributed by atoms with Crippen LogP contribution in [-0.4, -0.2) is 12.3 Å². The summed E-state index contributed by atoms with van der Waals surface area (Å²) >= 11 is 7.09. The summed E-state index contributed by atoms with van der Waals surface area (Å²) in [5, 5.41) is 0. The molecule has 1 nitrogen and oxygen atoms in total. The zero-order chi connectivity index (χ0) is 8.10. The van der Waals surface area contributed by atoms with Crippen LogP contribution in [0.1, 0.15) is 0 Å². The Morgan fingerprint density at radius 1 is 1.45 bits per heavy atom. The van der Waals surface area contributed by atoms with Crippen molar-refractivity contribution >= 4 is 23.4 Å². The Morgan fingerprint density at radius 3 is 2.82 bits per heavy atom. The van der Waals surface area contributed by atoms with Gasteiger partial charge in [-0.05, 0) is 18.4 Å². The predicted octanol–water partition coefficient (Wildman–Crippen LogP) is 2.98. The first-order valence-corrected chi connectivity index (χ1v) is 4.96. The number of halogens is 1. The van der Waals surface area contributed by atoms with Gasteiger partial charge in [-0.25, -0.2) is 0 Å². The summed E-state index contributed by atoms with van der Waals surface area (Å²) in [6.45, 7) is 0. The van der Waals surface area contributed by atoms with E-state index in [0.717, 1.165) is 10.6 Å². The number of alkyl halides is 1. The van der Waals surface area contributed by atoms with Crippen molar-refractivity contribution in [2.24, 2.45) is 0 Å². The van der Waals surface area contributed by atoms with Gasteiger partial charge >= 0.3 is 0 Å². The zero-order valence-corrected chi connectivity index (χ0v) is 7.78. The molecule has 0 amide bonds. The van der Waals surface area contributed by atoms with E-state index in [2.05, 4.69) is 0 Å². The molecule has 0 heterocycles. The van der Waals surface area contributed by atoms with Crippen molar-refractivity contribution in [2.75, 3.05) is 12.3 Å². The molecule has 0 bridgehead atoms. The predicted molar refractivity (Wildman–Crippen MR) is 49.6 cm³/mol. The van der Waals surface area contributed by atoms with E-state index in [1.54, 1.807) is 11.8 Å². The van der Waals surface area contributed by atoms with Gasteiger partial charge < -0.3 is 4.74 Å². The van der Waals surface area contributed by atoms with Gasteiger partial charge in [-0.2, -0.15) is 0 Å². The van der Waals surface area contributed by atoms with Gasteiger partial charge in [-0.1, -0.05) is 23.7 Å². The number of benzene rings is 1. The first-order chi connectivity index (χ1) is 5.38. The fourth-order valence-electron chi connectivity index (χ4n) is 0.797. The van der Waals surface area contributed by atoms with E-state index in [9.17, 15) is 0 Å². The van der Waals surface area contributed by atoms with Crippen LogP contribution in [0.15, 0.2) is 29.2 Å². The van der Waals surface area contributed by atoms with E-state index in [1.165, 1.54) is 0 Å². The molecule has 1 aromatic carbocycles. The second-order valence-corrected chi connectivity index (χ2v) is 2.97. The Hall–Kier alpha value is -0.340. The number of ether oxygens (including phenoxy) is 1. The second kappa shape index (κ2) is 4.52. The van der Waals surface area contributed by atoms with Gasteiger partial charge in [0, 0.05) is 4.90 Å². The Balaban J connectivity index is 2.83. The molecular weight excluding hydrogens is 180 g/mol. The van der Waals surface area contributed by atoms with E-state index in [-0.39, 0.29) is 6.07 Å². The van der Waals surface area contributed by atoms with Crippen LogP contribution in [0.2, 0.25) is 0 Å². The second-order valence-electron chi connectivity index (χ2n) is 1.90. The third-order valence-corrected chi connectivity index (χ3v) is 2.17. The lowest BCUT2D eigenvalue weighted by Crippen LogP contribution is -1.89. The van der Waals surface area contributed by atoms with Gasteiger partial charge in [0.2, 0.25) is 0 Å². The van der Waals surface area contributed by atoms with Crippen LogP contribution in [-0.2, 0) is 0 Å². The molecule has 0 unspecified atom stereocenters. The summed E-state index contributed by atoms with van der Waals surface area (Å²) in [6, 6.07) is 8.03. The van der Waals surface area contributed by atoms with E-state index >= 15 is 0 Å². The van der Waals surface area contributed by atoms with Crippen molar-refractivity contribution in [3.8, 4) is 5.75 Å². The van der Waals surface area contributed by atoms with Crippen molar-refractivity contribution in [1.29, 1.82) is 0 Å².